The van der Waals surface area contributed by atoms with E-state index in [-0.39, 0.29) is 23.7 Å². The highest BCUT2D eigenvalue weighted by atomic mass is 16.6. The van der Waals surface area contributed by atoms with E-state index in [4.69, 9.17) is 4.74 Å². The van der Waals surface area contributed by atoms with Crippen LogP contribution in [0.5, 0.6) is 0 Å². The summed E-state index contributed by atoms with van der Waals surface area (Å²) >= 11 is 0. The lowest BCUT2D eigenvalue weighted by molar-refractivity contribution is -0.133. The minimum atomic E-state index is -1.03. The standard InChI is InChI=1S/C19H24N6O4/c1-24-13-10-20-16(22-14(13)25(18(24)28)12-4-2-3-5-12)21-11-6-8-19(9-7-11)15(26)23-17(27)29-19/h10-12H,2-9H2,1H3,(H,20,21,22)(H,23,26,27). The lowest BCUT2D eigenvalue weighted by Crippen LogP contribution is -2.45. The lowest BCUT2D eigenvalue weighted by Gasteiger charge is -2.33. The van der Waals surface area contributed by atoms with Gasteiger partial charge in [0.2, 0.25) is 5.95 Å². The maximum atomic E-state index is 12.7. The van der Waals surface area contributed by atoms with Gasteiger partial charge in [0.25, 0.3) is 5.91 Å². The van der Waals surface area contributed by atoms with Crippen molar-refractivity contribution in [3.63, 3.8) is 0 Å². The summed E-state index contributed by atoms with van der Waals surface area (Å²) in [5.74, 6) is 0.132. The highest BCUT2D eigenvalue weighted by molar-refractivity contribution is 6.02. The van der Waals surface area contributed by atoms with Crippen molar-refractivity contribution in [2.45, 2.75) is 69.1 Å². The number of imidazole rings is 1. The highest BCUT2D eigenvalue weighted by Crippen LogP contribution is 2.36. The SMILES string of the molecule is Cn1c(=O)n(C2CCCC2)c2nc(NC3CCC4(CC3)OC(=O)NC4=O)ncc21. The first-order chi connectivity index (χ1) is 14.0. The number of imide groups is 1. The van der Waals surface area contributed by atoms with Gasteiger partial charge in [-0.1, -0.05) is 12.8 Å². The van der Waals surface area contributed by atoms with Crippen molar-refractivity contribution < 1.29 is 14.3 Å². The van der Waals surface area contributed by atoms with E-state index in [1.165, 1.54) is 0 Å². The summed E-state index contributed by atoms with van der Waals surface area (Å²) in [6.07, 6.45) is 7.52. The number of nitrogens with zero attached hydrogens (tertiary/aromatic N) is 4. The van der Waals surface area contributed by atoms with Crippen molar-refractivity contribution in [1.29, 1.82) is 0 Å². The largest absolute Gasteiger partial charge is 0.432 e. The van der Waals surface area contributed by atoms with Crippen LogP contribution in [0, 0.1) is 0 Å². The Morgan fingerprint density at radius 2 is 1.90 bits per heavy atom. The Bertz CT molecular complexity index is 1040. The lowest BCUT2D eigenvalue weighted by atomic mass is 9.82. The van der Waals surface area contributed by atoms with Gasteiger partial charge in [-0.25, -0.2) is 14.6 Å². The van der Waals surface area contributed by atoms with E-state index in [2.05, 4.69) is 20.6 Å². The van der Waals surface area contributed by atoms with Crippen LogP contribution >= 0.6 is 0 Å². The molecular formula is C19H24N6O4. The predicted octanol–water partition coefficient (Wildman–Crippen LogP) is 1.60. The second-order valence-corrected chi connectivity index (χ2v) is 8.31. The normalized spacial score (nSPS) is 27.6. The van der Waals surface area contributed by atoms with E-state index in [1.807, 2.05) is 4.57 Å². The van der Waals surface area contributed by atoms with Crippen LogP contribution in [0.25, 0.3) is 11.2 Å². The van der Waals surface area contributed by atoms with Crippen molar-refractivity contribution in [1.82, 2.24) is 24.4 Å². The molecule has 5 rings (SSSR count). The van der Waals surface area contributed by atoms with Crippen LogP contribution in [-0.4, -0.2) is 42.7 Å². The molecule has 10 nitrogen and oxygen atoms in total. The number of ether oxygens (including phenoxy) is 1. The third-order valence-corrected chi connectivity index (χ3v) is 6.57. The number of aromatic nitrogens is 4. The molecule has 2 aromatic heterocycles. The fourth-order valence-electron chi connectivity index (χ4n) is 4.89. The number of hydrogen-bond acceptors (Lipinski definition) is 7. The number of alkyl carbamates (subject to hydrolysis) is 1. The Balaban J connectivity index is 1.36. The van der Waals surface area contributed by atoms with E-state index in [9.17, 15) is 14.4 Å². The molecule has 1 aliphatic heterocycles. The van der Waals surface area contributed by atoms with E-state index in [0.29, 0.717) is 37.3 Å². The number of hydrogen-bond donors (Lipinski definition) is 2. The number of amides is 2. The average molecular weight is 400 g/mol. The molecule has 3 aliphatic rings. The zero-order valence-electron chi connectivity index (χ0n) is 16.3. The average Bonchev–Trinajstić information content (AvgIpc) is 3.37. The fourth-order valence-corrected chi connectivity index (χ4v) is 4.89. The van der Waals surface area contributed by atoms with Gasteiger partial charge in [-0.15, -0.1) is 0 Å². The summed E-state index contributed by atoms with van der Waals surface area (Å²) in [4.78, 5) is 45.2. The Labute approximate surface area is 166 Å². The summed E-state index contributed by atoms with van der Waals surface area (Å²) < 4.78 is 8.67. The van der Waals surface area contributed by atoms with Crippen LogP contribution in [0.1, 0.15) is 57.4 Å². The van der Waals surface area contributed by atoms with Gasteiger partial charge in [0, 0.05) is 19.1 Å². The molecular weight excluding hydrogens is 376 g/mol. The molecule has 1 saturated heterocycles. The Morgan fingerprint density at radius 3 is 2.55 bits per heavy atom. The van der Waals surface area contributed by atoms with Crippen LogP contribution in [0.2, 0.25) is 0 Å². The molecule has 2 aliphatic carbocycles. The summed E-state index contributed by atoms with van der Waals surface area (Å²) in [5.41, 5.74) is 0.317. The van der Waals surface area contributed by atoms with Crippen LogP contribution < -0.4 is 16.3 Å². The molecule has 0 atom stereocenters. The van der Waals surface area contributed by atoms with E-state index in [0.717, 1.165) is 31.2 Å². The second-order valence-electron chi connectivity index (χ2n) is 8.31. The predicted molar refractivity (Wildman–Crippen MR) is 104 cm³/mol. The van der Waals surface area contributed by atoms with Gasteiger partial charge in [0.1, 0.15) is 5.52 Å². The first kappa shape index (κ1) is 18.1. The van der Waals surface area contributed by atoms with E-state index >= 15 is 0 Å². The Morgan fingerprint density at radius 1 is 1.17 bits per heavy atom. The van der Waals surface area contributed by atoms with E-state index < -0.39 is 11.7 Å². The topological polar surface area (TPSA) is 120 Å². The van der Waals surface area contributed by atoms with Crippen LogP contribution in [-0.2, 0) is 16.6 Å². The minimum absolute atomic E-state index is 0.0491. The van der Waals surface area contributed by atoms with E-state index in [1.54, 1.807) is 17.8 Å². The molecule has 0 aromatic carbocycles. The molecule has 0 unspecified atom stereocenters. The molecule has 2 N–H and O–H groups in total. The third-order valence-electron chi connectivity index (χ3n) is 6.57. The number of aryl methyl sites for hydroxylation is 1. The van der Waals surface area contributed by atoms with Gasteiger partial charge in [-0.05, 0) is 38.5 Å². The molecule has 0 radical (unpaired) electrons. The molecule has 10 heteroatoms. The second kappa shape index (κ2) is 6.57. The molecule has 154 valence electrons. The summed E-state index contributed by atoms with van der Waals surface area (Å²) in [6.45, 7) is 0. The number of anilines is 1. The van der Waals surface area contributed by atoms with Gasteiger partial charge in [0.15, 0.2) is 11.2 Å². The van der Waals surface area contributed by atoms with Gasteiger partial charge < -0.3 is 10.1 Å². The van der Waals surface area contributed by atoms with Crippen molar-refractivity contribution in [3.8, 4) is 0 Å². The molecule has 2 amide bonds. The van der Waals surface area contributed by atoms with Crippen molar-refractivity contribution >= 4 is 29.1 Å². The maximum absolute atomic E-state index is 12.7. The zero-order chi connectivity index (χ0) is 20.2. The number of carbonyl (C=O) groups is 2. The van der Waals surface area contributed by atoms with Gasteiger partial charge in [0.05, 0.1) is 6.20 Å². The zero-order valence-corrected chi connectivity index (χ0v) is 16.3. The Kier molecular flexibility index (Phi) is 4.11. The van der Waals surface area contributed by atoms with Crippen LogP contribution in [0.3, 0.4) is 0 Å². The Hall–Kier alpha value is -2.91. The maximum Gasteiger partial charge on any atom is 0.415 e. The monoisotopic (exact) mass is 400 g/mol. The fraction of sp³-hybridized carbons (Fsp3) is 0.632. The van der Waals surface area contributed by atoms with Gasteiger partial charge in [-0.3, -0.25) is 19.2 Å². The quantitative estimate of drug-likeness (QED) is 0.803. The molecule has 1 spiro atoms. The van der Waals surface area contributed by atoms with Crippen LogP contribution in [0.4, 0.5) is 10.7 Å². The minimum Gasteiger partial charge on any atom is -0.432 e. The molecule has 3 fully saturated rings. The first-order valence-electron chi connectivity index (χ1n) is 10.2. The smallest absolute Gasteiger partial charge is 0.415 e. The summed E-state index contributed by atoms with van der Waals surface area (Å²) in [6, 6.07) is 0.264. The van der Waals surface area contributed by atoms with Gasteiger partial charge in [-0.2, -0.15) is 4.98 Å². The molecule has 2 aromatic rings. The molecule has 0 bridgehead atoms. The summed E-state index contributed by atoms with van der Waals surface area (Å²) in [5, 5.41) is 5.56. The number of carbonyl (C=O) groups excluding carboxylic acids is 2. The molecule has 3 heterocycles. The highest BCUT2D eigenvalue weighted by Gasteiger charge is 2.50. The van der Waals surface area contributed by atoms with Crippen LogP contribution in [0.15, 0.2) is 11.0 Å². The number of fused-ring (bicyclic) bond motifs is 1. The third kappa shape index (κ3) is 2.89. The first-order valence-corrected chi connectivity index (χ1v) is 10.2. The van der Waals surface area contributed by atoms with Gasteiger partial charge >= 0.3 is 11.8 Å². The molecule has 2 saturated carbocycles. The number of rotatable bonds is 3. The number of nitrogens with one attached hydrogen (secondary N) is 2. The van der Waals surface area contributed by atoms with Crippen molar-refractivity contribution in [2.75, 3.05) is 5.32 Å². The van der Waals surface area contributed by atoms with Crippen molar-refractivity contribution in [2.24, 2.45) is 7.05 Å². The molecule has 29 heavy (non-hydrogen) atoms. The van der Waals surface area contributed by atoms with Crippen molar-refractivity contribution in [3.05, 3.63) is 16.7 Å². The summed E-state index contributed by atoms with van der Waals surface area (Å²) in [7, 11) is 1.75.